The Hall–Kier alpha value is -1.55. The van der Waals surface area contributed by atoms with Crippen LogP contribution in [0.5, 0.6) is 5.75 Å². The highest BCUT2D eigenvalue weighted by Crippen LogP contribution is 2.17. The first-order valence-corrected chi connectivity index (χ1v) is 10.1. The van der Waals surface area contributed by atoms with Crippen LogP contribution in [0.3, 0.4) is 0 Å². The first kappa shape index (κ1) is 19.2. The fraction of sp³-hybridized carbons (Fsp3) is 0.455. The summed E-state index contributed by atoms with van der Waals surface area (Å²) in [5.74, 6) is 0.984. The molecule has 4 heteroatoms. The Morgan fingerprint density at radius 3 is 2.58 bits per heavy atom. The van der Waals surface area contributed by atoms with Gasteiger partial charge in [0.05, 0.1) is 6.61 Å². The zero-order valence-corrected chi connectivity index (χ0v) is 16.2. The first-order valence-electron chi connectivity index (χ1n) is 9.69. The quantitative estimate of drug-likeness (QED) is 0.634. The van der Waals surface area contributed by atoms with Gasteiger partial charge in [0.2, 0.25) is 0 Å². The molecule has 140 valence electrons. The Labute approximate surface area is 162 Å². The maximum absolute atomic E-state index is 5.93. The molecule has 0 aromatic heterocycles. The van der Waals surface area contributed by atoms with Crippen LogP contribution < -0.4 is 10.1 Å². The van der Waals surface area contributed by atoms with Gasteiger partial charge in [-0.15, -0.1) is 0 Å². The summed E-state index contributed by atoms with van der Waals surface area (Å²) < 4.78 is 5.93. The van der Waals surface area contributed by atoms with Crippen molar-refractivity contribution in [2.75, 3.05) is 26.2 Å². The number of likely N-dealkylation sites (tertiary alicyclic amines) is 1. The Morgan fingerprint density at radius 2 is 1.77 bits per heavy atom. The van der Waals surface area contributed by atoms with E-state index in [2.05, 4.69) is 46.6 Å². The molecule has 26 heavy (non-hydrogen) atoms. The van der Waals surface area contributed by atoms with Crippen LogP contribution in [-0.4, -0.2) is 31.1 Å². The third-order valence-corrected chi connectivity index (χ3v) is 5.01. The minimum atomic E-state index is 0.737. The summed E-state index contributed by atoms with van der Waals surface area (Å²) in [6.07, 6.45) is 5.04. The van der Waals surface area contributed by atoms with Crippen molar-refractivity contribution in [2.24, 2.45) is 0 Å². The average molecular weight is 373 g/mol. The lowest BCUT2D eigenvalue weighted by Crippen LogP contribution is -2.29. The zero-order valence-electron chi connectivity index (χ0n) is 15.4. The predicted octanol–water partition coefficient (Wildman–Crippen LogP) is 4.88. The summed E-state index contributed by atoms with van der Waals surface area (Å²) in [4.78, 5) is 2.54. The highest BCUT2D eigenvalue weighted by molar-refractivity contribution is 6.30. The molecule has 0 radical (unpaired) electrons. The van der Waals surface area contributed by atoms with Gasteiger partial charge in [0.15, 0.2) is 0 Å². The summed E-state index contributed by atoms with van der Waals surface area (Å²) >= 11 is 5.90. The van der Waals surface area contributed by atoms with Gasteiger partial charge in [-0.25, -0.2) is 0 Å². The second-order valence-electron chi connectivity index (χ2n) is 6.99. The minimum Gasteiger partial charge on any atom is -0.494 e. The zero-order chi connectivity index (χ0) is 18.0. The normalized spacial score (nSPS) is 15.1. The summed E-state index contributed by atoms with van der Waals surface area (Å²) in [7, 11) is 0. The van der Waals surface area contributed by atoms with Gasteiger partial charge >= 0.3 is 0 Å². The Bertz CT molecular complexity index is 653. The van der Waals surface area contributed by atoms with Crippen molar-refractivity contribution in [3.63, 3.8) is 0 Å². The van der Waals surface area contributed by atoms with Crippen molar-refractivity contribution in [3.05, 3.63) is 64.7 Å². The number of hydrogen-bond acceptors (Lipinski definition) is 3. The van der Waals surface area contributed by atoms with Crippen molar-refractivity contribution >= 4 is 11.6 Å². The number of ether oxygens (including phenoxy) is 1. The van der Waals surface area contributed by atoms with Crippen LogP contribution in [0.2, 0.25) is 5.02 Å². The maximum Gasteiger partial charge on any atom is 0.119 e. The van der Waals surface area contributed by atoms with Crippen molar-refractivity contribution in [2.45, 2.75) is 38.8 Å². The van der Waals surface area contributed by atoms with Crippen LogP contribution in [0.1, 0.15) is 36.8 Å². The summed E-state index contributed by atoms with van der Waals surface area (Å²) in [6.45, 7) is 6.04. The van der Waals surface area contributed by atoms with E-state index in [0.717, 1.165) is 43.4 Å². The minimum absolute atomic E-state index is 0.737. The van der Waals surface area contributed by atoms with Crippen LogP contribution in [0.4, 0.5) is 0 Å². The molecule has 3 nitrogen and oxygen atoms in total. The second-order valence-corrected chi connectivity index (χ2v) is 7.43. The largest absolute Gasteiger partial charge is 0.494 e. The molecular formula is C22H29ClN2O. The van der Waals surface area contributed by atoms with E-state index in [1.807, 2.05) is 12.1 Å². The molecule has 1 saturated heterocycles. The lowest BCUT2D eigenvalue weighted by molar-refractivity contribution is 0.220. The van der Waals surface area contributed by atoms with Crippen LogP contribution in [-0.2, 0) is 13.1 Å². The molecule has 0 aliphatic carbocycles. The first-order chi connectivity index (χ1) is 12.8. The van der Waals surface area contributed by atoms with Gasteiger partial charge in [0, 0.05) is 18.1 Å². The highest BCUT2D eigenvalue weighted by atomic mass is 35.5. The molecule has 0 spiro atoms. The fourth-order valence-electron chi connectivity index (χ4n) is 3.33. The SMILES string of the molecule is Clc1ccc(CNCCCOc2cccc(CN3CCCCC3)c2)cc1. The van der Waals surface area contributed by atoms with E-state index in [1.54, 1.807) is 0 Å². The molecule has 1 aliphatic rings. The highest BCUT2D eigenvalue weighted by Gasteiger charge is 2.10. The molecule has 2 aromatic rings. The number of piperidine rings is 1. The van der Waals surface area contributed by atoms with Gasteiger partial charge in [0.1, 0.15) is 5.75 Å². The lowest BCUT2D eigenvalue weighted by Gasteiger charge is -2.26. The number of hydrogen-bond donors (Lipinski definition) is 1. The number of nitrogens with one attached hydrogen (secondary N) is 1. The van der Waals surface area contributed by atoms with Crippen molar-refractivity contribution < 1.29 is 4.74 Å². The Morgan fingerprint density at radius 1 is 0.962 bits per heavy atom. The number of rotatable bonds is 9. The standard InChI is InChI=1S/C22H29ClN2O/c23-21-10-8-19(9-11-21)17-24-12-5-15-26-22-7-4-6-20(16-22)18-25-13-2-1-3-14-25/h4,6-11,16,24H,1-3,5,12-15,17-18H2. The molecule has 3 rings (SSSR count). The molecule has 0 amide bonds. The van der Waals surface area contributed by atoms with Crippen LogP contribution in [0.25, 0.3) is 0 Å². The molecule has 1 heterocycles. The van der Waals surface area contributed by atoms with Crippen LogP contribution in [0.15, 0.2) is 48.5 Å². The van der Waals surface area contributed by atoms with E-state index in [-0.39, 0.29) is 0 Å². The van der Waals surface area contributed by atoms with Crippen LogP contribution in [0, 0.1) is 0 Å². The molecule has 2 aromatic carbocycles. The molecule has 1 fully saturated rings. The molecule has 0 saturated carbocycles. The van der Waals surface area contributed by atoms with Gasteiger partial charge in [-0.1, -0.05) is 42.3 Å². The second kappa shape index (κ2) is 10.6. The van der Waals surface area contributed by atoms with E-state index in [0.29, 0.717) is 0 Å². The molecule has 1 aliphatic heterocycles. The third-order valence-electron chi connectivity index (χ3n) is 4.76. The van der Waals surface area contributed by atoms with E-state index in [9.17, 15) is 0 Å². The Kier molecular flexibility index (Phi) is 7.81. The van der Waals surface area contributed by atoms with Crippen molar-refractivity contribution in [1.29, 1.82) is 0 Å². The molecular weight excluding hydrogens is 344 g/mol. The van der Waals surface area contributed by atoms with Gasteiger partial charge in [0.25, 0.3) is 0 Å². The summed E-state index contributed by atoms with van der Waals surface area (Å²) in [5, 5.41) is 4.23. The fourth-order valence-corrected chi connectivity index (χ4v) is 3.46. The van der Waals surface area contributed by atoms with E-state index in [4.69, 9.17) is 16.3 Å². The topological polar surface area (TPSA) is 24.5 Å². The number of nitrogens with zero attached hydrogens (tertiary/aromatic N) is 1. The lowest BCUT2D eigenvalue weighted by atomic mass is 10.1. The monoisotopic (exact) mass is 372 g/mol. The number of halogens is 1. The molecule has 1 N–H and O–H groups in total. The van der Waals surface area contributed by atoms with Gasteiger partial charge < -0.3 is 10.1 Å². The van der Waals surface area contributed by atoms with Gasteiger partial charge in [-0.05, 0) is 74.3 Å². The third kappa shape index (κ3) is 6.64. The smallest absolute Gasteiger partial charge is 0.119 e. The van der Waals surface area contributed by atoms with Crippen LogP contribution >= 0.6 is 11.6 Å². The van der Waals surface area contributed by atoms with Gasteiger partial charge in [-0.2, -0.15) is 0 Å². The molecule has 0 bridgehead atoms. The predicted molar refractivity (Wildman–Crippen MR) is 109 cm³/mol. The number of benzene rings is 2. The molecule has 0 atom stereocenters. The summed E-state index contributed by atoms with van der Waals surface area (Å²) in [5.41, 5.74) is 2.60. The van der Waals surface area contributed by atoms with E-state index < -0.39 is 0 Å². The summed E-state index contributed by atoms with van der Waals surface area (Å²) in [6, 6.07) is 16.5. The van der Waals surface area contributed by atoms with E-state index in [1.165, 1.54) is 43.5 Å². The van der Waals surface area contributed by atoms with Crippen molar-refractivity contribution in [3.8, 4) is 5.75 Å². The average Bonchev–Trinajstić information content (AvgIpc) is 2.67. The van der Waals surface area contributed by atoms with Crippen molar-refractivity contribution in [1.82, 2.24) is 10.2 Å². The maximum atomic E-state index is 5.93. The van der Waals surface area contributed by atoms with Gasteiger partial charge in [-0.3, -0.25) is 4.90 Å². The molecule has 0 unspecified atom stereocenters. The van der Waals surface area contributed by atoms with E-state index >= 15 is 0 Å². The Balaban J connectivity index is 1.32.